The maximum atomic E-state index is 14.4. The highest BCUT2D eigenvalue weighted by Crippen LogP contribution is 2.57. The molecule has 3 aliphatic carbocycles. The van der Waals surface area contributed by atoms with Crippen molar-refractivity contribution in [3.8, 4) is 0 Å². The van der Waals surface area contributed by atoms with Gasteiger partial charge in [-0.3, -0.25) is 19.2 Å². The molecule has 1 saturated heterocycles. The van der Waals surface area contributed by atoms with Gasteiger partial charge < -0.3 is 15.0 Å². The van der Waals surface area contributed by atoms with Crippen LogP contribution in [0.15, 0.2) is 41.8 Å². The van der Waals surface area contributed by atoms with Crippen LogP contribution in [0.5, 0.6) is 0 Å². The summed E-state index contributed by atoms with van der Waals surface area (Å²) in [6.07, 6.45) is 7.30. The normalized spacial score (nSPS) is 26.0. The Labute approximate surface area is 277 Å². The number of halogens is 1. The van der Waals surface area contributed by atoms with Crippen molar-refractivity contribution in [3.05, 3.63) is 41.9 Å². The predicted molar refractivity (Wildman–Crippen MR) is 173 cm³/mol. The quantitative estimate of drug-likeness (QED) is 0.237. The Kier molecular flexibility index (Phi) is 10.1. The van der Waals surface area contributed by atoms with Crippen LogP contribution in [-0.2, 0) is 33.9 Å². The summed E-state index contributed by atoms with van der Waals surface area (Å²) in [4.78, 5) is 56.2. The summed E-state index contributed by atoms with van der Waals surface area (Å²) in [5, 5.41) is 3.02. The van der Waals surface area contributed by atoms with Crippen molar-refractivity contribution in [3.63, 3.8) is 0 Å². The fourth-order valence-electron chi connectivity index (χ4n) is 6.81. The average Bonchev–Trinajstić information content (AvgIpc) is 3.84. The Balaban J connectivity index is 1.42. The standard InChI is InChI=1S/C34H46ClN3O7S/c1-5-23-17-34(23,32(42)36-19-22-14-15-22)18-28(39)27-20-37(46(43,44)29-13-9-8-12-26(29)35)21-38(27)31(41)25(33(2,3)4)16-30(40)45-24-10-6-7-11-24/h5,8-9,12-13,22-25,27H,1,6-7,10-11,14-21H2,2-4H3,(H,36,42)/t23-,25-,27+,34-/m1/s1. The summed E-state index contributed by atoms with van der Waals surface area (Å²) >= 11 is 6.28. The number of hydrogen-bond acceptors (Lipinski definition) is 7. The summed E-state index contributed by atoms with van der Waals surface area (Å²) in [6, 6.07) is 4.87. The number of sulfonamides is 1. The summed E-state index contributed by atoms with van der Waals surface area (Å²) in [7, 11) is -4.21. The van der Waals surface area contributed by atoms with Crippen LogP contribution in [0, 0.1) is 28.6 Å². The molecule has 4 aliphatic rings. The van der Waals surface area contributed by atoms with Crippen LogP contribution in [0.4, 0.5) is 0 Å². The van der Waals surface area contributed by atoms with Crippen LogP contribution >= 0.6 is 11.6 Å². The molecule has 1 aliphatic heterocycles. The highest BCUT2D eigenvalue weighted by atomic mass is 35.5. The van der Waals surface area contributed by atoms with Gasteiger partial charge in [-0.2, -0.15) is 4.31 Å². The van der Waals surface area contributed by atoms with E-state index in [-0.39, 0.29) is 47.2 Å². The zero-order chi connectivity index (χ0) is 33.4. The van der Waals surface area contributed by atoms with Gasteiger partial charge in [0.2, 0.25) is 21.8 Å². The van der Waals surface area contributed by atoms with Gasteiger partial charge in [-0.25, -0.2) is 8.42 Å². The third-order valence-electron chi connectivity index (χ3n) is 10.1. The van der Waals surface area contributed by atoms with Crippen LogP contribution in [0.25, 0.3) is 0 Å². The Morgan fingerprint density at radius 3 is 2.39 bits per heavy atom. The number of carbonyl (C=O) groups excluding carboxylic acids is 4. The molecule has 12 heteroatoms. The molecule has 0 spiro atoms. The number of nitrogens with zero attached hydrogens (tertiary/aromatic N) is 2. The lowest BCUT2D eigenvalue weighted by atomic mass is 9.77. The molecule has 1 aromatic rings. The van der Waals surface area contributed by atoms with Crippen LogP contribution in [-0.4, -0.2) is 73.1 Å². The minimum atomic E-state index is -4.21. The summed E-state index contributed by atoms with van der Waals surface area (Å²) in [6.45, 7) is 9.24. The van der Waals surface area contributed by atoms with Gasteiger partial charge in [0.15, 0.2) is 5.78 Å². The van der Waals surface area contributed by atoms with Gasteiger partial charge >= 0.3 is 5.97 Å². The summed E-state index contributed by atoms with van der Waals surface area (Å²) in [5.41, 5.74) is -1.69. The van der Waals surface area contributed by atoms with Crippen LogP contribution in [0.2, 0.25) is 5.02 Å². The van der Waals surface area contributed by atoms with Crippen molar-refractivity contribution in [1.29, 1.82) is 0 Å². The minimum Gasteiger partial charge on any atom is -0.462 e. The van der Waals surface area contributed by atoms with Crippen molar-refractivity contribution in [2.45, 2.75) is 95.6 Å². The molecular weight excluding hydrogens is 630 g/mol. The lowest BCUT2D eigenvalue weighted by Crippen LogP contribution is -2.49. The number of allylic oxidation sites excluding steroid dienone is 1. The van der Waals surface area contributed by atoms with Crippen molar-refractivity contribution in [2.24, 2.45) is 28.6 Å². The smallest absolute Gasteiger partial charge is 0.306 e. The average molecular weight is 676 g/mol. The van der Waals surface area contributed by atoms with E-state index in [1.165, 1.54) is 17.0 Å². The van der Waals surface area contributed by atoms with E-state index in [4.69, 9.17) is 16.3 Å². The third-order valence-corrected chi connectivity index (χ3v) is 12.4. The van der Waals surface area contributed by atoms with E-state index in [0.29, 0.717) is 18.9 Å². The fourth-order valence-corrected chi connectivity index (χ4v) is 8.69. The largest absolute Gasteiger partial charge is 0.462 e. The van der Waals surface area contributed by atoms with Gasteiger partial charge in [-0.05, 0) is 74.3 Å². The number of rotatable bonds is 13. The number of ketones is 1. The van der Waals surface area contributed by atoms with Crippen molar-refractivity contribution in [1.82, 2.24) is 14.5 Å². The highest BCUT2D eigenvalue weighted by Gasteiger charge is 2.60. The molecule has 0 aromatic heterocycles. The molecule has 1 heterocycles. The van der Waals surface area contributed by atoms with Crippen LogP contribution in [0.3, 0.4) is 0 Å². The molecule has 10 nitrogen and oxygen atoms in total. The van der Waals surface area contributed by atoms with Crippen LogP contribution in [0.1, 0.15) is 78.6 Å². The molecule has 1 aromatic carbocycles. The molecule has 2 amide bonds. The molecular formula is C34H46ClN3O7S. The maximum absolute atomic E-state index is 14.4. The predicted octanol–water partition coefficient (Wildman–Crippen LogP) is 4.71. The zero-order valence-corrected chi connectivity index (χ0v) is 28.6. The minimum absolute atomic E-state index is 0.0236. The van der Waals surface area contributed by atoms with Gasteiger partial charge in [-0.15, -0.1) is 6.58 Å². The first-order valence-corrected chi connectivity index (χ1v) is 18.2. The van der Waals surface area contributed by atoms with Crippen molar-refractivity contribution in [2.75, 3.05) is 19.8 Å². The van der Waals surface area contributed by atoms with Gasteiger partial charge in [-0.1, -0.05) is 50.6 Å². The Bertz CT molecular complexity index is 1480. The number of ether oxygens (including phenoxy) is 1. The third kappa shape index (κ3) is 7.36. The lowest BCUT2D eigenvalue weighted by molar-refractivity contribution is -0.156. The molecule has 4 fully saturated rings. The molecule has 3 saturated carbocycles. The Morgan fingerprint density at radius 2 is 1.80 bits per heavy atom. The molecule has 0 bridgehead atoms. The first-order chi connectivity index (χ1) is 21.7. The lowest BCUT2D eigenvalue weighted by Gasteiger charge is -2.34. The van der Waals surface area contributed by atoms with Crippen molar-refractivity contribution < 1.29 is 32.3 Å². The van der Waals surface area contributed by atoms with Crippen molar-refractivity contribution >= 4 is 45.2 Å². The summed E-state index contributed by atoms with van der Waals surface area (Å²) < 4.78 is 34.4. The zero-order valence-electron chi connectivity index (χ0n) is 27.0. The molecule has 46 heavy (non-hydrogen) atoms. The van der Waals surface area contributed by atoms with E-state index in [1.807, 2.05) is 20.8 Å². The number of carbonyl (C=O) groups is 4. The maximum Gasteiger partial charge on any atom is 0.306 e. The second-order valence-corrected chi connectivity index (χ2v) is 16.9. The number of esters is 1. The Morgan fingerprint density at radius 1 is 1.13 bits per heavy atom. The number of hydrogen-bond donors (Lipinski definition) is 1. The van der Waals surface area contributed by atoms with E-state index in [9.17, 15) is 27.6 Å². The number of nitrogens with one attached hydrogen (secondary N) is 1. The molecule has 0 unspecified atom stereocenters. The molecule has 5 rings (SSSR count). The van der Waals surface area contributed by atoms with Gasteiger partial charge in [0.05, 0.1) is 29.4 Å². The summed E-state index contributed by atoms with van der Waals surface area (Å²) in [5.74, 6) is -2.23. The molecule has 252 valence electrons. The number of benzene rings is 1. The van der Waals surface area contributed by atoms with Gasteiger partial charge in [0, 0.05) is 19.5 Å². The molecule has 4 atom stereocenters. The van der Waals surface area contributed by atoms with Crippen LogP contribution < -0.4 is 5.32 Å². The first-order valence-electron chi connectivity index (χ1n) is 16.4. The Hall–Kier alpha value is -2.76. The van der Waals surface area contributed by atoms with E-state index in [2.05, 4.69) is 11.9 Å². The van der Waals surface area contributed by atoms with Gasteiger partial charge in [0.1, 0.15) is 17.0 Å². The topological polar surface area (TPSA) is 130 Å². The molecule has 1 N–H and O–H groups in total. The number of amides is 2. The van der Waals surface area contributed by atoms with E-state index >= 15 is 0 Å². The SMILES string of the molecule is C=C[C@@H]1C[C@]1(CC(=O)[C@@H]1CN(S(=O)(=O)c2ccccc2Cl)CN1C(=O)[C@@H](CC(=O)OC1CCCC1)C(C)(C)C)C(=O)NCC1CC1. The second kappa shape index (κ2) is 13.4. The second-order valence-electron chi connectivity index (χ2n) is 14.6. The fraction of sp³-hybridized carbons (Fsp3) is 0.647. The van der Waals surface area contributed by atoms with E-state index < -0.39 is 57.1 Å². The molecule has 0 radical (unpaired) electrons. The highest BCUT2D eigenvalue weighted by molar-refractivity contribution is 7.89. The van der Waals surface area contributed by atoms with E-state index in [1.54, 1.807) is 18.2 Å². The monoisotopic (exact) mass is 675 g/mol. The van der Waals surface area contributed by atoms with E-state index in [0.717, 1.165) is 42.8 Å². The number of Topliss-reactive ketones (excluding diaryl/α,β-unsaturated/α-hetero) is 1. The first kappa shape index (κ1) is 34.6. The van der Waals surface area contributed by atoms with Gasteiger partial charge in [0.25, 0.3) is 0 Å².